The van der Waals surface area contributed by atoms with Gasteiger partial charge in [0.2, 0.25) is 10.0 Å². The van der Waals surface area contributed by atoms with E-state index in [9.17, 15) is 8.42 Å². The summed E-state index contributed by atoms with van der Waals surface area (Å²) in [6, 6.07) is 11.3. The number of sulfonamides is 1. The highest BCUT2D eigenvalue weighted by atomic mass is 32.2. The van der Waals surface area contributed by atoms with Crippen LogP contribution in [0.2, 0.25) is 0 Å². The molecule has 0 fully saturated rings. The third-order valence-electron chi connectivity index (χ3n) is 2.72. The number of benzene rings is 1. The van der Waals surface area contributed by atoms with Crippen LogP contribution >= 0.6 is 0 Å². The van der Waals surface area contributed by atoms with Gasteiger partial charge in [-0.05, 0) is 17.1 Å². The van der Waals surface area contributed by atoms with Crippen molar-refractivity contribution in [2.24, 2.45) is 5.41 Å². The van der Waals surface area contributed by atoms with Gasteiger partial charge in [-0.1, -0.05) is 51.1 Å². The molecule has 0 amide bonds. The highest BCUT2D eigenvalue weighted by Crippen LogP contribution is 2.19. The minimum atomic E-state index is -3.52. The Morgan fingerprint density at radius 2 is 1.86 bits per heavy atom. The van der Waals surface area contributed by atoms with Crippen molar-refractivity contribution in [2.75, 3.05) is 13.1 Å². The molecule has 5 heteroatoms. The quantitative estimate of drug-likeness (QED) is 0.810. The van der Waals surface area contributed by atoms with Crippen molar-refractivity contribution in [2.45, 2.75) is 27.2 Å². The lowest BCUT2D eigenvalue weighted by molar-refractivity contribution is 0.287. The van der Waals surface area contributed by atoms with E-state index >= 15 is 0 Å². The summed E-state index contributed by atoms with van der Waals surface area (Å²) in [5.74, 6) is 0. The second kappa shape index (κ2) is 7.39. The molecule has 0 aromatic heterocycles. The molecule has 0 heterocycles. The summed E-state index contributed by atoms with van der Waals surface area (Å²) in [6.45, 7) is 6.53. The number of hydrogen-bond acceptors (Lipinski definition) is 3. The molecule has 0 N–H and O–H groups in total. The maximum absolute atomic E-state index is 12.4. The monoisotopic (exact) mass is 306 g/mol. The van der Waals surface area contributed by atoms with Crippen LogP contribution in [-0.2, 0) is 10.0 Å². The lowest BCUT2D eigenvalue weighted by atomic mass is 9.97. The van der Waals surface area contributed by atoms with Crippen molar-refractivity contribution in [3.05, 3.63) is 41.3 Å². The first-order chi connectivity index (χ1) is 9.74. The minimum absolute atomic E-state index is 0.164. The smallest absolute Gasteiger partial charge is 0.208 e. The Labute approximate surface area is 127 Å². The summed E-state index contributed by atoms with van der Waals surface area (Å²) in [5, 5.41) is 9.91. The zero-order valence-corrected chi connectivity index (χ0v) is 13.6. The van der Waals surface area contributed by atoms with Gasteiger partial charge < -0.3 is 0 Å². The maximum Gasteiger partial charge on any atom is 0.236 e. The van der Waals surface area contributed by atoms with Crippen LogP contribution in [0.25, 0.3) is 6.08 Å². The normalized spacial score (nSPS) is 12.7. The van der Waals surface area contributed by atoms with Crippen molar-refractivity contribution in [1.82, 2.24) is 4.31 Å². The molecule has 0 bridgehead atoms. The van der Waals surface area contributed by atoms with Crippen LogP contribution in [0.3, 0.4) is 0 Å². The molecular formula is C16H22N2O2S. The summed E-state index contributed by atoms with van der Waals surface area (Å²) in [6.07, 6.45) is 1.77. The standard InChI is InChI=1S/C16H22N2O2S/c1-16(2,3)14-18(12-7-11-17)21(19,20)13-10-15-8-5-4-6-9-15/h4-6,8-10,13H,7,12,14H2,1-3H3/b13-10+. The van der Waals surface area contributed by atoms with E-state index in [0.29, 0.717) is 6.54 Å². The Hall–Kier alpha value is -1.64. The Morgan fingerprint density at radius 3 is 2.38 bits per heavy atom. The lowest BCUT2D eigenvalue weighted by Gasteiger charge is -2.27. The van der Waals surface area contributed by atoms with E-state index in [1.54, 1.807) is 6.08 Å². The van der Waals surface area contributed by atoms with Crippen molar-refractivity contribution >= 4 is 16.1 Å². The van der Waals surface area contributed by atoms with Gasteiger partial charge in [-0.2, -0.15) is 9.57 Å². The molecule has 4 nitrogen and oxygen atoms in total. The number of rotatable bonds is 6. The fourth-order valence-corrected chi connectivity index (χ4v) is 3.23. The van der Waals surface area contributed by atoms with Gasteiger partial charge in [-0.15, -0.1) is 0 Å². The molecule has 1 aromatic rings. The van der Waals surface area contributed by atoms with E-state index in [1.807, 2.05) is 57.2 Å². The predicted molar refractivity (Wildman–Crippen MR) is 85.7 cm³/mol. The van der Waals surface area contributed by atoms with Gasteiger partial charge in [0.1, 0.15) is 0 Å². The topological polar surface area (TPSA) is 61.2 Å². The molecule has 0 spiro atoms. The van der Waals surface area contributed by atoms with Gasteiger partial charge in [-0.25, -0.2) is 8.42 Å². The first-order valence-electron chi connectivity index (χ1n) is 6.85. The molecule has 1 aromatic carbocycles. The van der Waals surface area contributed by atoms with Gasteiger partial charge in [0, 0.05) is 24.9 Å². The highest BCUT2D eigenvalue weighted by Gasteiger charge is 2.24. The Morgan fingerprint density at radius 1 is 1.24 bits per heavy atom. The highest BCUT2D eigenvalue weighted by molar-refractivity contribution is 7.92. The molecule has 0 atom stereocenters. The number of nitriles is 1. The molecule has 21 heavy (non-hydrogen) atoms. The summed E-state index contributed by atoms with van der Waals surface area (Å²) in [7, 11) is -3.52. The van der Waals surface area contributed by atoms with E-state index in [2.05, 4.69) is 0 Å². The zero-order valence-electron chi connectivity index (χ0n) is 12.8. The van der Waals surface area contributed by atoms with Crippen molar-refractivity contribution < 1.29 is 8.42 Å². The van der Waals surface area contributed by atoms with E-state index < -0.39 is 10.0 Å². The average Bonchev–Trinajstić information content (AvgIpc) is 2.41. The van der Waals surface area contributed by atoms with E-state index in [4.69, 9.17) is 5.26 Å². The number of hydrogen-bond donors (Lipinski definition) is 0. The number of nitrogens with zero attached hydrogens (tertiary/aromatic N) is 2. The van der Waals surface area contributed by atoms with Crippen molar-refractivity contribution in [3.8, 4) is 6.07 Å². The Bertz CT molecular complexity index is 608. The third kappa shape index (κ3) is 6.56. The van der Waals surface area contributed by atoms with Crippen molar-refractivity contribution in [1.29, 1.82) is 5.26 Å². The minimum Gasteiger partial charge on any atom is -0.208 e. The molecule has 0 aliphatic rings. The fourth-order valence-electron chi connectivity index (χ4n) is 1.81. The van der Waals surface area contributed by atoms with Crippen LogP contribution in [0.4, 0.5) is 0 Å². The molecule has 114 valence electrons. The SMILES string of the molecule is CC(C)(C)CN(CCC#N)S(=O)(=O)/C=C/c1ccccc1. The molecule has 0 aliphatic heterocycles. The second-order valence-electron chi connectivity index (χ2n) is 6.06. The molecule has 0 saturated heterocycles. The Kier molecular flexibility index (Phi) is 6.13. The molecule has 0 saturated carbocycles. The second-order valence-corrected chi connectivity index (χ2v) is 7.88. The van der Waals surface area contributed by atoms with Crippen molar-refractivity contribution in [3.63, 3.8) is 0 Å². The molecule has 0 unspecified atom stereocenters. The largest absolute Gasteiger partial charge is 0.236 e. The van der Waals surface area contributed by atoms with Crippen LogP contribution in [0.15, 0.2) is 35.7 Å². The van der Waals surface area contributed by atoms with Crippen LogP contribution in [0, 0.1) is 16.7 Å². The van der Waals surface area contributed by atoms with Gasteiger partial charge in [-0.3, -0.25) is 0 Å². The average molecular weight is 306 g/mol. The molecular weight excluding hydrogens is 284 g/mol. The lowest BCUT2D eigenvalue weighted by Crippen LogP contribution is -2.37. The van der Waals surface area contributed by atoms with Crippen LogP contribution in [0.1, 0.15) is 32.8 Å². The zero-order chi connectivity index (χ0) is 15.9. The fraction of sp³-hybridized carbons (Fsp3) is 0.438. The third-order valence-corrected chi connectivity index (χ3v) is 4.23. The first-order valence-corrected chi connectivity index (χ1v) is 8.35. The van der Waals surface area contributed by atoms with Gasteiger partial charge >= 0.3 is 0 Å². The molecule has 0 radical (unpaired) electrons. The van der Waals surface area contributed by atoms with E-state index in [0.717, 1.165) is 5.56 Å². The summed E-state index contributed by atoms with van der Waals surface area (Å²) in [4.78, 5) is 0. The molecule has 0 aliphatic carbocycles. The van der Waals surface area contributed by atoms with Crippen LogP contribution in [-0.4, -0.2) is 25.8 Å². The predicted octanol–water partition coefficient (Wildman–Crippen LogP) is 3.25. The van der Waals surface area contributed by atoms with Crippen LogP contribution < -0.4 is 0 Å². The van der Waals surface area contributed by atoms with Gasteiger partial charge in [0.15, 0.2) is 0 Å². The molecule has 1 rings (SSSR count). The van der Waals surface area contributed by atoms with E-state index in [-0.39, 0.29) is 18.4 Å². The summed E-state index contributed by atoms with van der Waals surface area (Å²) < 4.78 is 26.2. The van der Waals surface area contributed by atoms with E-state index in [1.165, 1.54) is 9.71 Å². The first kappa shape index (κ1) is 17.4. The Balaban J connectivity index is 2.93. The van der Waals surface area contributed by atoms with Gasteiger partial charge in [0.05, 0.1) is 6.07 Å². The van der Waals surface area contributed by atoms with Crippen LogP contribution in [0.5, 0.6) is 0 Å². The summed E-state index contributed by atoms with van der Waals surface area (Å²) >= 11 is 0. The van der Waals surface area contributed by atoms with Gasteiger partial charge in [0.25, 0.3) is 0 Å². The maximum atomic E-state index is 12.4. The summed E-state index contributed by atoms with van der Waals surface area (Å²) in [5.41, 5.74) is 0.667.